The normalized spacial score (nSPS) is 11.7. The lowest BCUT2D eigenvalue weighted by atomic mass is 10.0. The summed E-state index contributed by atoms with van der Waals surface area (Å²) in [5.74, 6) is -1.76. The van der Waals surface area contributed by atoms with Crippen LogP contribution in [-0.2, 0) is 0 Å². The smallest absolute Gasteiger partial charge is 0.335 e. The van der Waals surface area contributed by atoms with Crippen LogP contribution < -0.4 is 0 Å². The van der Waals surface area contributed by atoms with E-state index < -0.39 is 11.9 Å². The maximum Gasteiger partial charge on any atom is 0.335 e. The van der Waals surface area contributed by atoms with Crippen molar-refractivity contribution in [3.63, 3.8) is 0 Å². The number of aromatic carboxylic acids is 2. The molecule has 160 valence electrons. The number of carboxylic acids is 2. The van der Waals surface area contributed by atoms with E-state index in [1.54, 1.807) is 60.7 Å². The van der Waals surface area contributed by atoms with Gasteiger partial charge in [-0.1, -0.05) is 63.1 Å². The molecule has 0 heterocycles. The van der Waals surface area contributed by atoms with Gasteiger partial charge in [0, 0.05) is 0 Å². The maximum absolute atomic E-state index is 10.2. The van der Waals surface area contributed by atoms with E-state index >= 15 is 0 Å². The van der Waals surface area contributed by atoms with Gasteiger partial charge in [-0.15, -0.1) is 0 Å². The third-order valence-corrected chi connectivity index (χ3v) is 3.83. The van der Waals surface area contributed by atoms with Crippen molar-refractivity contribution in [2.75, 3.05) is 0 Å². The van der Waals surface area contributed by atoms with E-state index in [9.17, 15) is 19.8 Å². The van der Waals surface area contributed by atoms with E-state index in [4.69, 9.17) is 10.2 Å². The van der Waals surface area contributed by atoms with Crippen LogP contribution >= 0.6 is 0 Å². The molecule has 0 spiro atoms. The first kappa shape index (κ1) is 26.3. The van der Waals surface area contributed by atoms with E-state index in [1.807, 2.05) is 13.8 Å². The molecule has 4 N–H and O–H groups in total. The zero-order valence-electron chi connectivity index (χ0n) is 17.1. The Balaban J connectivity index is 0.000000408. The predicted molar refractivity (Wildman–Crippen MR) is 113 cm³/mol. The van der Waals surface area contributed by atoms with Crippen molar-refractivity contribution >= 4 is 11.9 Å². The topological polar surface area (TPSA) is 115 Å². The highest BCUT2D eigenvalue weighted by molar-refractivity contribution is 5.87. The van der Waals surface area contributed by atoms with E-state index in [1.165, 1.54) is 0 Å². The molecule has 0 amide bonds. The lowest BCUT2D eigenvalue weighted by Gasteiger charge is -2.13. The Morgan fingerprint density at radius 1 is 0.690 bits per heavy atom. The molecule has 0 saturated heterocycles. The number of hydrogen-bond donors (Lipinski definition) is 4. The quantitative estimate of drug-likeness (QED) is 0.516. The summed E-state index contributed by atoms with van der Waals surface area (Å²) in [5, 5.41) is 35.3. The van der Waals surface area contributed by atoms with Crippen molar-refractivity contribution in [2.24, 2.45) is 0 Å². The van der Waals surface area contributed by atoms with E-state index in [0.717, 1.165) is 25.7 Å². The summed E-state index contributed by atoms with van der Waals surface area (Å²) in [6.45, 7) is 4.07. The van der Waals surface area contributed by atoms with Crippen molar-refractivity contribution in [3.8, 4) is 0 Å². The largest absolute Gasteiger partial charge is 0.478 e. The van der Waals surface area contributed by atoms with Gasteiger partial charge in [0.1, 0.15) is 0 Å². The molecule has 6 heteroatoms. The van der Waals surface area contributed by atoms with Gasteiger partial charge < -0.3 is 20.4 Å². The molecule has 2 aromatic rings. The zero-order valence-corrected chi connectivity index (χ0v) is 17.1. The molecule has 0 aliphatic rings. The van der Waals surface area contributed by atoms with Gasteiger partial charge >= 0.3 is 11.9 Å². The lowest BCUT2D eigenvalue weighted by Crippen LogP contribution is -2.16. The van der Waals surface area contributed by atoms with Crippen LogP contribution in [0.4, 0.5) is 0 Å². The molecule has 0 saturated carbocycles. The molecule has 29 heavy (non-hydrogen) atoms. The molecule has 2 aromatic carbocycles. The van der Waals surface area contributed by atoms with E-state index in [2.05, 4.69) is 0 Å². The average Bonchev–Trinajstić information content (AvgIpc) is 2.70. The number of rotatable bonds is 8. The first-order chi connectivity index (χ1) is 13.8. The Morgan fingerprint density at radius 3 is 1.21 bits per heavy atom. The second kappa shape index (κ2) is 16.3. The van der Waals surface area contributed by atoms with Crippen molar-refractivity contribution in [1.29, 1.82) is 0 Å². The fraction of sp³-hybridized carbons (Fsp3) is 0.391. The van der Waals surface area contributed by atoms with Gasteiger partial charge in [0.25, 0.3) is 0 Å². The van der Waals surface area contributed by atoms with Gasteiger partial charge in [-0.2, -0.15) is 0 Å². The van der Waals surface area contributed by atoms with Crippen LogP contribution in [0.3, 0.4) is 0 Å². The molecule has 0 aromatic heterocycles. The van der Waals surface area contributed by atoms with Crippen LogP contribution in [-0.4, -0.2) is 44.6 Å². The van der Waals surface area contributed by atoms with Crippen molar-refractivity contribution in [1.82, 2.24) is 0 Å². The summed E-state index contributed by atoms with van der Waals surface area (Å²) >= 11 is 0. The van der Waals surface area contributed by atoms with Gasteiger partial charge in [0.15, 0.2) is 0 Å². The summed E-state index contributed by atoms with van der Waals surface area (Å²) < 4.78 is 0. The van der Waals surface area contributed by atoms with Gasteiger partial charge in [0.05, 0.1) is 23.3 Å². The number of carbonyl (C=O) groups is 2. The van der Waals surface area contributed by atoms with Gasteiger partial charge in [-0.05, 0) is 43.5 Å². The minimum atomic E-state index is -0.879. The minimum absolute atomic E-state index is 0.304. The third-order valence-electron chi connectivity index (χ3n) is 3.83. The van der Waals surface area contributed by atoms with Crippen molar-refractivity contribution < 1.29 is 30.0 Å². The van der Waals surface area contributed by atoms with E-state index in [0.29, 0.717) is 17.5 Å². The molecule has 0 aliphatic carbocycles. The molecular weight excluding hydrogens is 372 g/mol. The highest BCUT2D eigenvalue weighted by atomic mass is 16.4. The zero-order chi connectivity index (χ0) is 22.1. The second-order valence-corrected chi connectivity index (χ2v) is 6.46. The van der Waals surface area contributed by atoms with Crippen LogP contribution in [0.1, 0.15) is 66.7 Å². The fourth-order valence-corrected chi connectivity index (χ4v) is 2.38. The van der Waals surface area contributed by atoms with Crippen LogP contribution in [0.5, 0.6) is 0 Å². The summed E-state index contributed by atoms with van der Waals surface area (Å²) in [7, 11) is 0. The molecule has 2 atom stereocenters. The minimum Gasteiger partial charge on any atom is -0.478 e. The van der Waals surface area contributed by atoms with Crippen LogP contribution in [0.15, 0.2) is 60.7 Å². The Morgan fingerprint density at radius 2 is 1.00 bits per heavy atom. The molecule has 0 aliphatic heterocycles. The molecule has 2 rings (SSSR count). The standard InChI is InChI=1S/C9H20O2.2C7H6O2/c1-3-5-8(10)7-9(11)6-4-2;2*8-7(9)6-4-2-1-3-5-6/h8-11H,3-7H2,1-2H3;2*1-5H,(H,8,9). The Bertz CT molecular complexity index is 613. The number of carboxylic acid groups (broad SMARTS) is 2. The molecule has 0 bridgehead atoms. The van der Waals surface area contributed by atoms with Crippen LogP contribution in [0.2, 0.25) is 0 Å². The Kier molecular flexibility index (Phi) is 14.8. The molecular formula is C23H32O6. The fourth-order valence-electron chi connectivity index (χ4n) is 2.38. The van der Waals surface area contributed by atoms with Crippen molar-refractivity contribution in [3.05, 3.63) is 71.8 Å². The second-order valence-electron chi connectivity index (χ2n) is 6.46. The molecule has 0 fully saturated rings. The van der Waals surface area contributed by atoms with Crippen molar-refractivity contribution in [2.45, 2.75) is 58.2 Å². The highest BCUT2D eigenvalue weighted by Gasteiger charge is 2.09. The Labute approximate surface area is 172 Å². The summed E-state index contributed by atoms with van der Waals surface area (Å²) in [5.41, 5.74) is 0.662. The van der Waals surface area contributed by atoms with Gasteiger partial charge in [-0.3, -0.25) is 0 Å². The summed E-state index contributed by atoms with van der Waals surface area (Å²) in [6.07, 6.45) is 3.52. The summed E-state index contributed by atoms with van der Waals surface area (Å²) in [6, 6.07) is 16.6. The number of benzene rings is 2. The Hall–Kier alpha value is -2.70. The first-order valence-corrected chi connectivity index (χ1v) is 9.74. The maximum atomic E-state index is 10.2. The highest BCUT2D eigenvalue weighted by Crippen LogP contribution is 2.08. The first-order valence-electron chi connectivity index (χ1n) is 9.74. The molecule has 6 nitrogen and oxygen atoms in total. The number of aliphatic hydroxyl groups is 2. The van der Waals surface area contributed by atoms with Gasteiger partial charge in [-0.25, -0.2) is 9.59 Å². The van der Waals surface area contributed by atoms with Gasteiger partial charge in [0.2, 0.25) is 0 Å². The van der Waals surface area contributed by atoms with E-state index in [-0.39, 0.29) is 12.2 Å². The van der Waals surface area contributed by atoms with Crippen LogP contribution in [0, 0.1) is 0 Å². The number of aliphatic hydroxyl groups excluding tert-OH is 2. The number of hydrogen-bond acceptors (Lipinski definition) is 4. The predicted octanol–water partition coefficient (Wildman–Crippen LogP) is 4.47. The monoisotopic (exact) mass is 404 g/mol. The molecule has 0 radical (unpaired) electrons. The lowest BCUT2D eigenvalue weighted by molar-refractivity contribution is 0.0686. The van der Waals surface area contributed by atoms with Crippen LogP contribution in [0.25, 0.3) is 0 Å². The summed E-state index contributed by atoms with van der Waals surface area (Å²) in [4.78, 5) is 20.4. The molecule has 2 unspecified atom stereocenters. The SMILES string of the molecule is CCCC(O)CC(O)CCC.O=C(O)c1ccccc1.O=C(O)c1ccccc1. The average molecular weight is 405 g/mol. The third kappa shape index (κ3) is 14.0.